The maximum atomic E-state index is 12.6. The van der Waals surface area contributed by atoms with Gasteiger partial charge in [-0.05, 0) is 35.9 Å². The number of amides is 1. The Balaban J connectivity index is 1.17. The van der Waals surface area contributed by atoms with Crippen LogP contribution < -0.4 is 9.47 Å². The second-order valence-electron chi connectivity index (χ2n) is 7.37. The molecule has 154 valence electrons. The molecule has 5 rings (SSSR count). The molecule has 0 atom stereocenters. The molecule has 7 nitrogen and oxygen atoms in total. The molecule has 0 saturated carbocycles. The van der Waals surface area contributed by atoms with Gasteiger partial charge in [-0.1, -0.05) is 23.7 Å². The van der Waals surface area contributed by atoms with E-state index in [9.17, 15) is 4.79 Å². The highest BCUT2D eigenvalue weighted by molar-refractivity contribution is 6.32. The number of carbonyl (C=O) groups is 1. The van der Waals surface area contributed by atoms with Gasteiger partial charge in [-0.3, -0.25) is 9.69 Å². The highest BCUT2D eigenvalue weighted by Crippen LogP contribution is 2.40. The number of ether oxygens (including phenoxy) is 2. The van der Waals surface area contributed by atoms with Gasteiger partial charge >= 0.3 is 0 Å². The molecule has 1 fully saturated rings. The van der Waals surface area contributed by atoms with Crippen molar-refractivity contribution in [3.63, 3.8) is 0 Å². The molecule has 0 spiro atoms. The lowest BCUT2D eigenvalue weighted by molar-refractivity contribution is -0.127. The van der Waals surface area contributed by atoms with Gasteiger partial charge in [0, 0.05) is 32.3 Å². The zero-order valence-corrected chi connectivity index (χ0v) is 17.1. The zero-order chi connectivity index (χ0) is 20.5. The fraction of sp³-hybridized carbons (Fsp3) is 0.273. The second-order valence-corrected chi connectivity index (χ2v) is 7.78. The Bertz CT molecular complexity index is 1090. The van der Waals surface area contributed by atoms with Gasteiger partial charge in [0.05, 0.1) is 22.6 Å². The van der Waals surface area contributed by atoms with Crippen molar-refractivity contribution in [2.75, 3.05) is 33.0 Å². The Morgan fingerprint density at radius 2 is 2.00 bits per heavy atom. The van der Waals surface area contributed by atoms with Crippen molar-refractivity contribution in [3.05, 3.63) is 58.9 Å². The van der Waals surface area contributed by atoms with Crippen LogP contribution in [0.25, 0.3) is 17.1 Å². The van der Waals surface area contributed by atoms with Gasteiger partial charge in [0.2, 0.25) is 12.7 Å². The summed E-state index contributed by atoms with van der Waals surface area (Å²) in [5.41, 5.74) is 2.84. The number of hydrogen-bond donors (Lipinski definition) is 1. The normalized spacial score (nSPS) is 16.6. The van der Waals surface area contributed by atoms with E-state index >= 15 is 0 Å². The Labute approximate surface area is 178 Å². The first-order chi connectivity index (χ1) is 14.7. The number of carbonyl (C=O) groups excluding carboxylic acids is 1. The van der Waals surface area contributed by atoms with Crippen molar-refractivity contribution in [3.8, 4) is 11.5 Å². The molecule has 0 radical (unpaired) electrons. The lowest BCUT2D eigenvalue weighted by atomic mass is 10.2. The third-order valence-corrected chi connectivity index (χ3v) is 5.64. The third-order valence-electron chi connectivity index (χ3n) is 5.36. The number of halogens is 1. The summed E-state index contributed by atoms with van der Waals surface area (Å²) in [4.78, 5) is 24.8. The molecule has 3 heterocycles. The molecule has 1 N–H and O–H groups in total. The number of imidazole rings is 1. The predicted octanol–water partition coefficient (Wildman–Crippen LogP) is 3.30. The summed E-state index contributed by atoms with van der Waals surface area (Å²) >= 11 is 6.20. The number of para-hydroxylation sites is 2. The van der Waals surface area contributed by atoms with Crippen molar-refractivity contribution < 1.29 is 14.3 Å². The monoisotopic (exact) mass is 424 g/mol. The van der Waals surface area contributed by atoms with Crippen LogP contribution in [-0.4, -0.2) is 58.6 Å². The fourth-order valence-electron chi connectivity index (χ4n) is 3.78. The minimum atomic E-state index is -0.00724. The molecule has 30 heavy (non-hydrogen) atoms. The first-order valence-electron chi connectivity index (χ1n) is 9.88. The average Bonchev–Trinajstić information content (AvgIpc) is 3.39. The van der Waals surface area contributed by atoms with Gasteiger partial charge in [0.1, 0.15) is 5.82 Å². The molecule has 2 aromatic carbocycles. The van der Waals surface area contributed by atoms with Crippen LogP contribution in [0.3, 0.4) is 0 Å². The quantitative estimate of drug-likeness (QED) is 0.651. The first-order valence-corrected chi connectivity index (χ1v) is 10.3. The topological polar surface area (TPSA) is 70.7 Å². The number of aromatic nitrogens is 2. The maximum Gasteiger partial charge on any atom is 0.246 e. The molecule has 3 aromatic rings. The number of aromatic amines is 1. The van der Waals surface area contributed by atoms with Crippen LogP contribution in [0.2, 0.25) is 5.02 Å². The van der Waals surface area contributed by atoms with Crippen molar-refractivity contribution >= 4 is 34.6 Å². The van der Waals surface area contributed by atoms with Crippen LogP contribution in [0.15, 0.2) is 42.5 Å². The van der Waals surface area contributed by atoms with E-state index in [2.05, 4.69) is 14.9 Å². The smallest absolute Gasteiger partial charge is 0.246 e. The van der Waals surface area contributed by atoms with Gasteiger partial charge in [0.15, 0.2) is 11.5 Å². The van der Waals surface area contributed by atoms with Crippen LogP contribution >= 0.6 is 11.6 Å². The van der Waals surface area contributed by atoms with Crippen molar-refractivity contribution in [2.24, 2.45) is 0 Å². The van der Waals surface area contributed by atoms with E-state index < -0.39 is 0 Å². The number of hydrogen-bond acceptors (Lipinski definition) is 5. The summed E-state index contributed by atoms with van der Waals surface area (Å²) in [6.07, 6.45) is 3.35. The third kappa shape index (κ3) is 3.86. The second kappa shape index (κ2) is 8.01. The molecule has 2 aliphatic rings. The van der Waals surface area contributed by atoms with Crippen molar-refractivity contribution in [2.45, 2.75) is 6.54 Å². The molecular weight excluding hydrogens is 404 g/mol. The highest BCUT2D eigenvalue weighted by atomic mass is 35.5. The Morgan fingerprint density at radius 3 is 2.83 bits per heavy atom. The lowest BCUT2D eigenvalue weighted by Crippen LogP contribution is -2.47. The zero-order valence-electron chi connectivity index (χ0n) is 16.3. The molecular formula is C22H21ClN4O3. The van der Waals surface area contributed by atoms with E-state index in [4.69, 9.17) is 21.1 Å². The molecule has 0 unspecified atom stereocenters. The Kier molecular flexibility index (Phi) is 5.06. The Hall–Kier alpha value is -3.03. The van der Waals surface area contributed by atoms with Crippen LogP contribution in [0.4, 0.5) is 0 Å². The van der Waals surface area contributed by atoms with Crippen LogP contribution in [0.1, 0.15) is 11.4 Å². The van der Waals surface area contributed by atoms with E-state index in [1.54, 1.807) is 18.2 Å². The minimum absolute atomic E-state index is 0.00724. The number of nitrogens with zero attached hydrogens (tertiary/aromatic N) is 3. The summed E-state index contributed by atoms with van der Waals surface area (Å²) < 4.78 is 10.7. The molecule has 2 aliphatic heterocycles. The van der Waals surface area contributed by atoms with Crippen LogP contribution in [-0.2, 0) is 11.3 Å². The Morgan fingerprint density at radius 1 is 1.17 bits per heavy atom. The van der Waals surface area contributed by atoms with Gasteiger partial charge in [0.25, 0.3) is 0 Å². The van der Waals surface area contributed by atoms with E-state index in [1.807, 2.05) is 35.2 Å². The van der Waals surface area contributed by atoms with E-state index in [-0.39, 0.29) is 12.7 Å². The lowest BCUT2D eigenvalue weighted by Gasteiger charge is -2.33. The number of piperazine rings is 1. The molecule has 0 aliphatic carbocycles. The number of H-pyrrole nitrogens is 1. The van der Waals surface area contributed by atoms with Crippen molar-refractivity contribution in [1.82, 2.24) is 19.8 Å². The SMILES string of the molecule is O=C(C=Cc1cc(Cl)c2c(c1)OCO2)N1CCN(Cc2nc3ccccc3[nH]2)CC1. The number of rotatable bonds is 4. The van der Waals surface area contributed by atoms with Crippen LogP contribution in [0, 0.1) is 0 Å². The summed E-state index contributed by atoms with van der Waals surface area (Å²) in [6.45, 7) is 3.91. The summed E-state index contributed by atoms with van der Waals surface area (Å²) in [7, 11) is 0. The summed E-state index contributed by atoms with van der Waals surface area (Å²) in [5, 5.41) is 0.483. The average molecular weight is 425 g/mol. The summed E-state index contributed by atoms with van der Waals surface area (Å²) in [5.74, 6) is 2.11. The minimum Gasteiger partial charge on any atom is -0.454 e. The van der Waals surface area contributed by atoms with Gasteiger partial charge in [-0.25, -0.2) is 4.98 Å². The van der Waals surface area contributed by atoms with Gasteiger partial charge in [-0.2, -0.15) is 0 Å². The highest BCUT2D eigenvalue weighted by Gasteiger charge is 2.21. The molecule has 1 aromatic heterocycles. The maximum absolute atomic E-state index is 12.6. The van der Waals surface area contributed by atoms with Crippen LogP contribution in [0.5, 0.6) is 11.5 Å². The first kappa shape index (κ1) is 19.0. The van der Waals surface area contributed by atoms with Gasteiger partial charge < -0.3 is 19.4 Å². The number of nitrogens with one attached hydrogen (secondary N) is 1. The molecule has 0 bridgehead atoms. The summed E-state index contributed by atoms with van der Waals surface area (Å²) in [6, 6.07) is 11.6. The number of benzene rings is 2. The van der Waals surface area contributed by atoms with E-state index in [1.165, 1.54) is 0 Å². The largest absolute Gasteiger partial charge is 0.454 e. The number of fused-ring (bicyclic) bond motifs is 2. The predicted molar refractivity (Wildman–Crippen MR) is 115 cm³/mol. The van der Waals surface area contributed by atoms with E-state index in [0.29, 0.717) is 29.6 Å². The van der Waals surface area contributed by atoms with E-state index in [0.717, 1.165) is 42.1 Å². The standard InChI is InChI=1S/C22H21ClN4O3/c23-16-11-15(12-19-22(16)30-14-29-19)5-6-21(28)27-9-7-26(8-10-27)13-20-24-17-3-1-2-4-18(17)25-20/h1-6,11-12H,7-10,13-14H2,(H,24,25). The molecule has 1 saturated heterocycles. The van der Waals surface area contributed by atoms with Crippen molar-refractivity contribution in [1.29, 1.82) is 0 Å². The molecule has 1 amide bonds. The molecule has 8 heteroatoms. The van der Waals surface area contributed by atoms with Gasteiger partial charge in [-0.15, -0.1) is 0 Å². The fourth-order valence-corrected chi connectivity index (χ4v) is 4.05.